The number of hydrogen-bond acceptors (Lipinski definition) is 3. The van der Waals surface area contributed by atoms with Crippen LogP contribution in [0.4, 0.5) is 17.1 Å². The van der Waals surface area contributed by atoms with Crippen molar-refractivity contribution in [3.63, 3.8) is 0 Å². The van der Waals surface area contributed by atoms with Gasteiger partial charge < -0.3 is 9.64 Å². The molecular weight excluding hydrogens is 572 g/mol. The van der Waals surface area contributed by atoms with E-state index in [0.29, 0.717) is 0 Å². The van der Waals surface area contributed by atoms with E-state index in [9.17, 15) is 0 Å². The first-order chi connectivity index (χ1) is 23.1. The van der Waals surface area contributed by atoms with Crippen LogP contribution >= 0.6 is 0 Å². The van der Waals surface area contributed by atoms with Crippen molar-refractivity contribution >= 4 is 17.1 Å². The Hall–Kier alpha value is -5.93. The van der Waals surface area contributed by atoms with Crippen molar-refractivity contribution in [1.29, 1.82) is 0 Å². The van der Waals surface area contributed by atoms with Crippen molar-refractivity contribution in [2.75, 3.05) is 4.90 Å². The van der Waals surface area contributed by atoms with E-state index >= 15 is 0 Å². The molecule has 47 heavy (non-hydrogen) atoms. The number of nitrogens with zero attached hydrogens (tertiary/aromatic N) is 2. The van der Waals surface area contributed by atoms with Gasteiger partial charge in [0, 0.05) is 45.2 Å². The predicted molar refractivity (Wildman–Crippen MR) is 194 cm³/mol. The number of rotatable bonds is 7. The highest BCUT2D eigenvalue weighted by Crippen LogP contribution is 2.54. The molecule has 7 aromatic rings. The summed E-state index contributed by atoms with van der Waals surface area (Å²) < 4.78 is 6.96. The summed E-state index contributed by atoms with van der Waals surface area (Å²) in [7, 11) is 0. The maximum absolute atomic E-state index is 6.96. The highest BCUT2D eigenvalue weighted by molar-refractivity contribution is 5.88. The van der Waals surface area contributed by atoms with Crippen LogP contribution in [0.2, 0.25) is 0 Å². The summed E-state index contributed by atoms with van der Waals surface area (Å²) in [4.78, 5) is 7.38. The second kappa shape index (κ2) is 11.8. The summed E-state index contributed by atoms with van der Waals surface area (Å²) >= 11 is 0. The Bertz CT molecular complexity index is 2150. The molecule has 1 heterocycles. The molecule has 3 nitrogen and oxygen atoms in total. The molecule has 0 aliphatic heterocycles. The molecule has 0 amide bonds. The Kier molecular flexibility index (Phi) is 7.15. The second-order valence-electron chi connectivity index (χ2n) is 12.4. The van der Waals surface area contributed by atoms with Crippen LogP contribution in [0.3, 0.4) is 0 Å². The molecule has 0 unspecified atom stereocenters. The Morgan fingerprint density at radius 1 is 0.489 bits per heavy atom. The van der Waals surface area contributed by atoms with E-state index in [1.807, 2.05) is 24.3 Å². The smallest absolute Gasteiger partial charge is 0.136 e. The zero-order chi connectivity index (χ0) is 31.8. The average Bonchev–Trinajstić information content (AvgIpc) is 3.36. The van der Waals surface area contributed by atoms with Gasteiger partial charge in [-0.1, -0.05) is 117 Å². The quantitative estimate of drug-likeness (QED) is 0.180. The lowest BCUT2D eigenvalue weighted by Crippen LogP contribution is -2.15. The van der Waals surface area contributed by atoms with Crippen molar-refractivity contribution in [3.05, 3.63) is 181 Å². The largest absolute Gasteiger partial charge is 0.457 e. The SMILES string of the molecule is CC1(C)c2ccccc2-c2c(Oc3cccc(N(c4ccccc4)c4ccccc4)c3)cc(-c3cccc(-c4ccccc4)n3)cc21. The minimum atomic E-state index is -0.198. The van der Waals surface area contributed by atoms with Crippen LogP contribution < -0.4 is 9.64 Å². The first-order valence-corrected chi connectivity index (χ1v) is 16.1. The molecule has 0 saturated heterocycles. The molecule has 0 N–H and O–H groups in total. The van der Waals surface area contributed by atoms with Gasteiger partial charge in [-0.2, -0.15) is 0 Å². The molecule has 3 heteroatoms. The predicted octanol–water partition coefficient (Wildman–Crippen LogP) is 12.0. The summed E-state index contributed by atoms with van der Waals surface area (Å²) in [5.74, 6) is 1.59. The lowest BCUT2D eigenvalue weighted by Gasteiger charge is -2.26. The Labute approximate surface area is 276 Å². The van der Waals surface area contributed by atoms with E-state index in [1.165, 1.54) is 16.7 Å². The fraction of sp³-hybridized carbons (Fsp3) is 0.0682. The molecule has 8 rings (SSSR count). The lowest BCUT2D eigenvalue weighted by molar-refractivity contribution is 0.484. The number of hydrogen-bond donors (Lipinski definition) is 0. The van der Waals surface area contributed by atoms with Crippen LogP contribution in [-0.4, -0.2) is 4.98 Å². The average molecular weight is 607 g/mol. The van der Waals surface area contributed by atoms with Gasteiger partial charge >= 0.3 is 0 Å². The van der Waals surface area contributed by atoms with E-state index in [0.717, 1.165) is 56.6 Å². The standard InChI is InChI=1S/C44H34N2O/c1-44(2)38-25-13-12-24-37(38)43-39(44)28-32(41-27-15-26-40(45-41)31-16-6-3-7-17-31)29-42(43)47-36-23-14-22-35(30-36)46(33-18-8-4-9-19-33)34-20-10-5-11-21-34/h3-30H,1-2H3. The van der Waals surface area contributed by atoms with Crippen molar-refractivity contribution in [1.82, 2.24) is 4.98 Å². The molecule has 0 atom stereocenters. The first kappa shape index (κ1) is 28.5. The van der Waals surface area contributed by atoms with E-state index in [-0.39, 0.29) is 5.41 Å². The molecule has 0 bridgehead atoms. The van der Waals surface area contributed by atoms with E-state index in [1.54, 1.807) is 0 Å². The van der Waals surface area contributed by atoms with Crippen LogP contribution in [0.25, 0.3) is 33.6 Å². The van der Waals surface area contributed by atoms with E-state index in [2.05, 4.69) is 164 Å². The summed E-state index contributed by atoms with van der Waals surface area (Å²) in [6, 6.07) is 59.0. The van der Waals surface area contributed by atoms with Crippen molar-refractivity contribution < 1.29 is 4.74 Å². The molecule has 0 spiro atoms. The van der Waals surface area contributed by atoms with Crippen LogP contribution in [0, 0.1) is 0 Å². The molecule has 1 aliphatic rings. The minimum Gasteiger partial charge on any atom is -0.457 e. The van der Waals surface area contributed by atoms with Gasteiger partial charge in [0.05, 0.1) is 11.4 Å². The van der Waals surface area contributed by atoms with Crippen LogP contribution in [0.15, 0.2) is 170 Å². The fourth-order valence-electron chi connectivity index (χ4n) is 6.79. The topological polar surface area (TPSA) is 25.4 Å². The number of fused-ring (bicyclic) bond motifs is 3. The van der Waals surface area contributed by atoms with Crippen molar-refractivity contribution in [2.24, 2.45) is 0 Å². The van der Waals surface area contributed by atoms with E-state index in [4.69, 9.17) is 9.72 Å². The Morgan fingerprint density at radius 3 is 1.77 bits per heavy atom. The van der Waals surface area contributed by atoms with Gasteiger partial charge in [0.2, 0.25) is 0 Å². The highest BCUT2D eigenvalue weighted by atomic mass is 16.5. The summed E-state index contributed by atoms with van der Waals surface area (Å²) in [6.07, 6.45) is 0. The van der Waals surface area contributed by atoms with Gasteiger partial charge in [-0.25, -0.2) is 4.98 Å². The molecular formula is C44H34N2O. The summed E-state index contributed by atoms with van der Waals surface area (Å²) in [5.41, 5.74) is 11.9. The maximum Gasteiger partial charge on any atom is 0.136 e. The molecule has 0 saturated carbocycles. The van der Waals surface area contributed by atoms with Gasteiger partial charge in [0.25, 0.3) is 0 Å². The highest BCUT2D eigenvalue weighted by Gasteiger charge is 2.38. The van der Waals surface area contributed by atoms with Crippen LogP contribution in [0.5, 0.6) is 11.5 Å². The third-order valence-corrected chi connectivity index (χ3v) is 9.09. The molecule has 6 aromatic carbocycles. The zero-order valence-electron chi connectivity index (χ0n) is 26.5. The normalized spacial score (nSPS) is 12.6. The minimum absolute atomic E-state index is 0.198. The molecule has 226 valence electrons. The maximum atomic E-state index is 6.96. The lowest BCUT2D eigenvalue weighted by atomic mass is 9.81. The Balaban J connectivity index is 1.26. The van der Waals surface area contributed by atoms with Gasteiger partial charge in [0.15, 0.2) is 0 Å². The fourth-order valence-corrected chi connectivity index (χ4v) is 6.79. The Morgan fingerprint density at radius 2 is 1.06 bits per heavy atom. The van der Waals surface area contributed by atoms with Crippen LogP contribution in [0.1, 0.15) is 25.0 Å². The zero-order valence-corrected chi connectivity index (χ0v) is 26.5. The van der Waals surface area contributed by atoms with Gasteiger partial charge in [-0.3, -0.25) is 0 Å². The number of aromatic nitrogens is 1. The van der Waals surface area contributed by atoms with Crippen molar-refractivity contribution in [2.45, 2.75) is 19.3 Å². The number of anilines is 3. The third-order valence-electron chi connectivity index (χ3n) is 9.09. The van der Waals surface area contributed by atoms with Gasteiger partial charge in [-0.15, -0.1) is 0 Å². The van der Waals surface area contributed by atoms with Crippen molar-refractivity contribution in [3.8, 4) is 45.1 Å². The molecule has 0 fully saturated rings. The first-order valence-electron chi connectivity index (χ1n) is 16.1. The number of para-hydroxylation sites is 2. The summed E-state index contributed by atoms with van der Waals surface area (Å²) in [6.45, 7) is 4.61. The van der Waals surface area contributed by atoms with Gasteiger partial charge in [0.1, 0.15) is 11.5 Å². The molecule has 1 aromatic heterocycles. The number of benzene rings is 6. The van der Waals surface area contributed by atoms with E-state index < -0.39 is 0 Å². The third kappa shape index (κ3) is 5.26. The second-order valence-corrected chi connectivity index (χ2v) is 12.4. The molecule has 1 aliphatic carbocycles. The number of ether oxygens (including phenoxy) is 1. The van der Waals surface area contributed by atoms with Gasteiger partial charge in [-0.05, 0) is 77.4 Å². The number of pyridine rings is 1. The van der Waals surface area contributed by atoms with Crippen LogP contribution in [-0.2, 0) is 5.41 Å². The summed E-state index contributed by atoms with van der Waals surface area (Å²) in [5, 5.41) is 0. The monoisotopic (exact) mass is 606 g/mol. The molecule has 0 radical (unpaired) electrons.